The molecule has 5 aromatic carbocycles. The van der Waals surface area contributed by atoms with E-state index in [0.717, 1.165) is 64.8 Å². The second-order valence-electron chi connectivity index (χ2n) is 10.6. The molecule has 44 heavy (non-hydrogen) atoms. The van der Waals surface area contributed by atoms with Gasteiger partial charge in [0.05, 0.1) is 11.4 Å². The van der Waals surface area contributed by atoms with E-state index in [9.17, 15) is 0 Å². The highest BCUT2D eigenvalue weighted by Gasteiger charge is 2.12. The second-order valence-corrected chi connectivity index (χ2v) is 12.4. The molecule has 2 aromatic heterocycles. The number of rotatable bonds is 6. The molecule has 0 spiro atoms. The van der Waals surface area contributed by atoms with Gasteiger partial charge in [-0.05, 0) is 75.8 Å². The maximum atomic E-state index is 4.81. The van der Waals surface area contributed by atoms with Crippen molar-refractivity contribution in [2.45, 2.75) is 0 Å². The van der Waals surface area contributed by atoms with Gasteiger partial charge in [-0.25, -0.2) is 0 Å². The normalized spacial score (nSPS) is 11.0. The zero-order valence-corrected chi connectivity index (χ0v) is 26.8. The number of halogens is 2. The third-order valence-corrected chi connectivity index (χ3v) is 8.71. The van der Waals surface area contributed by atoms with Gasteiger partial charge in [0, 0.05) is 43.6 Å². The molecular weight excluding hydrogens is 668 g/mol. The van der Waals surface area contributed by atoms with Gasteiger partial charge >= 0.3 is 0 Å². The molecule has 2 heterocycles. The van der Waals surface area contributed by atoms with Crippen LogP contribution < -0.4 is 0 Å². The molecule has 0 N–H and O–H groups in total. The fraction of sp³-hybridized carbons (Fsp3) is 0. The number of pyridine rings is 2. The largest absolute Gasteiger partial charge is 0.256 e. The Bertz CT molecular complexity index is 1940. The number of aromatic nitrogens is 2. The first-order valence-corrected chi connectivity index (χ1v) is 15.9. The van der Waals surface area contributed by atoms with E-state index in [0.29, 0.717) is 0 Å². The fourth-order valence-electron chi connectivity index (χ4n) is 5.57. The standard InChI is InChI=1S/C40H26Br2N2/c41-33-12-6-10-29(23-33)39-20-18-31(25-43-39)37-16-3-1-14-35(37)27-8-5-9-28(22-27)36-15-2-4-17-38(36)32-19-21-40(44-26-32)30-11-7-13-34(42)24-30/h1-26H. The molecule has 210 valence electrons. The summed E-state index contributed by atoms with van der Waals surface area (Å²) in [6.45, 7) is 0. The van der Waals surface area contributed by atoms with Gasteiger partial charge in [-0.1, -0.05) is 135 Å². The number of benzene rings is 5. The Hall–Kier alpha value is -4.64. The van der Waals surface area contributed by atoms with Crippen LogP contribution >= 0.6 is 31.9 Å². The van der Waals surface area contributed by atoms with Crippen LogP contribution in [0.25, 0.3) is 67.0 Å². The summed E-state index contributed by atoms with van der Waals surface area (Å²) < 4.78 is 2.09. The van der Waals surface area contributed by atoms with Gasteiger partial charge in [-0.15, -0.1) is 0 Å². The first-order valence-electron chi connectivity index (χ1n) is 14.4. The average Bonchev–Trinajstić information content (AvgIpc) is 3.08. The first kappa shape index (κ1) is 28.1. The minimum absolute atomic E-state index is 0.949. The van der Waals surface area contributed by atoms with Gasteiger partial charge in [0.1, 0.15) is 0 Å². The molecule has 4 heteroatoms. The molecule has 0 fully saturated rings. The van der Waals surface area contributed by atoms with Crippen molar-refractivity contribution in [2.24, 2.45) is 0 Å². The minimum Gasteiger partial charge on any atom is -0.256 e. The highest BCUT2D eigenvalue weighted by molar-refractivity contribution is 9.10. The Morgan fingerprint density at radius 2 is 0.705 bits per heavy atom. The van der Waals surface area contributed by atoms with E-state index in [1.165, 1.54) is 11.1 Å². The highest BCUT2D eigenvalue weighted by atomic mass is 79.9. The lowest BCUT2D eigenvalue weighted by molar-refractivity contribution is 1.32. The summed E-state index contributed by atoms with van der Waals surface area (Å²) in [6, 6.07) is 50.8. The molecule has 0 aliphatic heterocycles. The van der Waals surface area contributed by atoms with E-state index in [-0.39, 0.29) is 0 Å². The molecule has 7 rings (SSSR count). The van der Waals surface area contributed by atoms with Crippen molar-refractivity contribution in [1.82, 2.24) is 9.97 Å². The quantitative estimate of drug-likeness (QED) is 0.173. The third kappa shape index (κ3) is 5.92. The predicted molar refractivity (Wildman–Crippen MR) is 190 cm³/mol. The number of hydrogen-bond acceptors (Lipinski definition) is 2. The maximum absolute atomic E-state index is 4.81. The van der Waals surface area contributed by atoms with Crippen molar-refractivity contribution in [3.8, 4) is 67.0 Å². The van der Waals surface area contributed by atoms with Crippen molar-refractivity contribution in [2.75, 3.05) is 0 Å². The van der Waals surface area contributed by atoms with Crippen LogP contribution in [0.3, 0.4) is 0 Å². The second kappa shape index (κ2) is 12.5. The monoisotopic (exact) mass is 692 g/mol. The van der Waals surface area contributed by atoms with Crippen LogP contribution in [0.2, 0.25) is 0 Å². The van der Waals surface area contributed by atoms with Gasteiger partial charge in [0.15, 0.2) is 0 Å². The van der Waals surface area contributed by atoms with Crippen LogP contribution in [0, 0.1) is 0 Å². The summed E-state index contributed by atoms with van der Waals surface area (Å²) in [4.78, 5) is 9.62. The van der Waals surface area contributed by atoms with Gasteiger partial charge in [-0.3, -0.25) is 9.97 Å². The summed E-state index contributed by atoms with van der Waals surface area (Å²) >= 11 is 7.14. The molecule has 0 amide bonds. The lowest BCUT2D eigenvalue weighted by Crippen LogP contribution is -1.90. The van der Waals surface area contributed by atoms with Crippen LogP contribution in [0.4, 0.5) is 0 Å². The molecule has 7 aromatic rings. The van der Waals surface area contributed by atoms with Gasteiger partial charge < -0.3 is 0 Å². The topological polar surface area (TPSA) is 25.8 Å². The summed E-state index contributed by atoms with van der Waals surface area (Å²) in [5, 5.41) is 0. The van der Waals surface area contributed by atoms with Crippen molar-refractivity contribution in [1.29, 1.82) is 0 Å². The van der Waals surface area contributed by atoms with Crippen molar-refractivity contribution in [3.05, 3.63) is 167 Å². The van der Waals surface area contributed by atoms with E-state index in [1.54, 1.807) is 0 Å². The zero-order valence-electron chi connectivity index (χ0n) is 23.7. The summed E-state index contributed by atoms with van der Waals surface area (Å²) in [5.41, 5.74) is 13.2. The zero-order chi connectivity index (χ0) is 29.9. The van der Waals surface area contributed by atoms with E-state index in [4.69, 9.17) is 9.97 Å². The Balaban J connectivity index is 1.22. The Kier molecular flexibility index (Phi) is 8.02. The molecule has 0 radical (unpaired) electrons. The number of nitrogens with zero attached hydrogens (tertiary/aromatic N) is 2. The molecular formula is C40H26Br2N2. The van der Waals surface area contributed by atoms with Crippen LogP contribution in [0.1, 0.15) is 0 Å². The average molecular weight is 694 g/mol. The Morgan fingerprint density at radius 1 is 0.318 bits per heavy atom. The van der Waals surface area contributed by atoms with E-state index < -0.39 is 0 Å². The Morgan fingerprint density at radius 3 is 1.09 bits per heavy atom. The van der Waals surface area contributed by atoms with Crippen molar-refractivity contribution >= 4 is 31.9 Å². The van der Waals surface area contributed by atoms with Crippen LogP contribution in [0.5, 0.6) is 0 Å². The van der Waals surface area contributed by atoms with Gasteiger partial charge in [0.2, 0.25) is 0 Å². The Labute approximate surface area is 274 Å². The molecule has 0 unspecified atom stereocenters. The first-order chi connectivity index (χ1) is 21.6. The molecule has 2 nitrogen and oxygen atoms in total. The summed E-state index contributed by atoms with van der Waals surface area (Å²) in [7, 11) is 0. The minimum atomic E-state index is 0.949. The molecule has 0 aliphatic rings. The van der Waals surface area contributed by atoms with Crippen LogP contribution in [-0.2, 0) is 0 Å². The van der Waals surface area contributed by atoms with Gasteiger partial charge in [-0.2, -0.15) is 0 Å². The van der Waals surface area contributed by atoms with E-state index >= 15 is 0 Å². The predicted octanol–water partition coefficient (Wildman–Crippen LogP) is 12.0. The summed E-state index contributed by atoms with van der Waals surface area (Å²) in [5.74, 6) is 0. The number of hydrogen-bond donors (Lipinski definition) is 0. The van der Waals surface area contributed by atoms with Crippen LogP contribution in [0.15, 0.2) is 167 Å². The molecule has 0 aliphatic carbocycles. The van der Waals surface area contributed by atoms with Gasteiger partial charge in [0.25, 0.3) is 0 Å². The lowest BCUT2D eigenvalue weighted by atomic mass is 9.91. The maximum Gasteiger partial charge on any atom is 0.0702 e. The molecule has 0 bridgehead atoms. The molecule has 0 saturated heterocycles. The summed E-state index contributed by atoms with van der Waals surface area (Å²) in [6.07, 6.45) is 3.94. The van der Waals surface area contributed by atoms with Crippen molar-refractivity contribution in [3.63, 3.8) is 0 Å². The lowest BCUT2D eigenvalue weighted by Gasteiger charge is -2.14. The third-order valence-electron chi connectivity index (χ3n) is 7.73. The molecule has 0 saturated carbocycles. The fourth-order valence-corrected chi connectivity index (χ4v) is 6.37. The van der Waals surface area contributed by atoms with Crippen molar-refractivity contribution < 1.29 is 0 Å². The highest BCUT2D eigenvalue weighted by Crippen LogP contribution is 2.37. The SMILES string of the molecule is Brc1cccc(-c2ccc(-c3ccccc3-c3cccc(-c4ccccc4-c4ccc(-c5cccc(Br)c5)nc4)c3)cn2)c1. The smallest absolute Gasteiger partial charge is 0.0702 e. The molecule has 0 atom stereocenters. The van der Waals surface area contributed by atoms with E-state index in [1.807, 2.05) is 36.7 Å². The van der Waals surface area contributed by atoms with E-state index in [2.05, 4.69) is 153 Å². The van der Waals surface area contributed by atoms with Crippen LogP contribution in [-0.4, -0.2) is 9.97 Å².